The van der Waals surface area contributed by atoms with Gasteiger partial charge in [0.2, 0.25) is 0 Å². The van der Waals surface area contributed by atoms with Crippen LogP contribution in [-0.2, 0) is 23.9 Å². The summed E-state index contributed by atoms with van der Waals surface area (Å²) < 4.78 is 16.1. The van der Waals surface area contributed by atoms with Crippen LogP contribution in [0.4, 0.5) is 21.0 Å². The number of benzene rings is 2. The van der Waals surface area contributed by atoms with Gasteiger partial charge >= 0.3 is 24.0 Å². The standard InChI is InChI=1S/C29H32N4O9/c1-6-41-22(34)16-28(38)24(25(35)42-7-2)23-20-14-13-19(39-4)15-21(20)32-26(36)31(18-11-9-8-10-12-18)27(37)33(28)29(23,32)17(3)30-40-5/h8-15,23-24,38H,6-7,16H2,1-5H3/b30-17-/t23-,24+,28-,29+/m0/s1. The van der Waals surface area contributed by atoms with E-state index in [1.54, 1.807) is 62.4 Å². The second-order valence-corrected chi connectivity index (χ2v) is 9.98. The molecule has 2 aromatic carbocycles. The molecule has 13 heteroatoms. The number of oxime groups is 1. The van der Waals surface area contributed by atoms with Crippen LogP contribution in [0.25, 0.3) is 0 Å². The van der Waals surface area contributed by atoms with Gasteiger partial charge < -0.3 is 24.2 Å². The highest BCUT2D eigenvalue weighted by molar-refractivity contribution is 6.27. The monoisotopic (exact) mass is 580 g/mol. The fourth-order valence-corrected chi connectivity index (χ4v) is 6.56. The topological polar surface area (TPSA) is 148 Å². The van der Waals surface area contributed by atoms with Crippen LogP contribution in [0.2, 0.25) is 0 Å². The van der Waals surface area contributed by atoms with Crippen molar-refractivity contribution in [2.75, 3.05) is 37.2 Å². The zero-order valence-corrected chi connectivity index (χ0v) is 23.9. The van der Waals surface area contributed by atoms with Gasteiger partial charge in [0.1, 0.15) is 24.5 Å². The zero-order chi connectivity index (χ0) is 30.4. The number of methoxy groups -OCH3 is 1. The maximum atomic E-state index is 14.6. The normalized spacial score (nSPS) is 26.1. The Hall–Kier alpha value is -4.65. The molecular formula is C29H32N4O9. The lowest BCUT2D eigenvalue weighted by molar-refractivity contribution is -0.174. The van der Waals surface area contributed by atoms with E-state index in [1.165, 1.54) is 26.0 Å². The molecule has 0 unspecified atom stereocenters. The molecule has 2 aromatic rings. The smallest absolute Gasteiger partial charge is 0.339 e. The molecule has 2 fully saturated rings. The highest BCUT2D eigenvalue weighted by Gasteiger charge is 2.80. The lowest BCUT2D eigenvalue weighted by atomic mass is 9.77. The van der Waals surface area contributed by atoms with Crippen LogP contribution in [0.3, 0.4) is 0 Å². The number of urea groups is 2. The first-order chi connectivity index (χ1) is 20.1. The van der Waals surface area contributed by atoms with Crippen molar-refractivity contribution in [1.29, 1.82) is 0 Å². The maximum absolute atomic E-state index is 14.6. The molecule has 0 aromatic heterocycles. The Morgan fingerprint density at radius 2 is 1.69 bits per heavy atom. The van der Waals surface area contributed by atoms with Gasteiger partial charge in [-0.25, -0.2) is 14.5 Å². The van der Waals surface area contributed by atoms with Gasteiger partial charge in [-0.2, -0.15) is 0 Å². The van der Waals surface area contributed by atoms with E-state index >= 15 is 0 Å². The number of imide groups is 1. The minimum atomic E-state index is -2.52. The number of fused-ring (bicyclic) bond motifs is 3. The molecule has 4 amide bonds. The van der Waals surface area contributed by atoms with Crippen molar-refractivity contribution >= 4 is 41.1 Å². The number of nitrogens with zero attached hydrogens (tertiary/aromatic N) is 4. The second kappa shape index (κ2) is 10.6. The summed E-state index contributed by atoms with van der Waals surface area (Å²) in [5.74, 6) is -4.00. The summed E-state index contributed by atoms with van der Waals surface area (Å²) in [4.78, 5) is 64.3. The third-order valence-corrected chi connectivity index (χ3v) is 7.94. The van der Waals surface area contributed by atoms with Crippen molar-refractivity contribution in [1.82, 2.24) is 4.90 Å². The first-order valence-corrected chi connectivity index (χ1v) is 13.5. The molecule has 3 aliphatic heterocycles. The number of carbonyl (C=O) groups excluding carboxylic acids is 4. The summed E-state index contributed by atoms with van der Waals surface area (Å²) in [5.41, 5.74) is -3.40. The summed E-state index contributed by atoms with van der Waals surface area (Å²) in [6.07, 6.45) is -0.787. The third kappa shape index (κ3) is 3.83. The van der Waals surface area contributed by atoms with Crippen molar-refractivity contribution < 1.29 is 43.3 Å². The Morgan fingerprint density at radius 3 is 2.31 bits per heavy atom. The van der Waals surface area contributed by atoms with Gasteiger partial charge in [0.15, 0.2) is 11.4 Å². The largest absolute Gasteiger partial charge is 0.497 e. The van der Waals surface area contributed by atoms with Crippen molar-refractivity contribution in [2.45, 2.75) is 44.5 Å². The van der Waals surface area contributed by atoms with Crippen LogP contribution >= 0.6 is 0 Å². The van der Waals surface area contributed by atoms with E-state index in [4.69, 9.17) is 19.0 Å². The molecule has 0 aliphatic carbocycles. The minimum absolute atomic E-state index is 0.00492. The van der Waals surface area contributed by atoms with E-state index in [-0.39, 0.29) is 24.6 Å². The predicted octanol–water partition coefficient (Wildman–Crippen LogP) is 3.21. The SMILES string of the molecule is CCOC(=O)C[C@]1(O)[C@@H](C(=O)OCC)[C@@H]2c3ccc(OC)cc3N3C(=O)N(c4ccccc4)C(=O)N1[C@]23/C(C)=N\OC. The van der Waals surface area contributed by atoms with Crippen LogP contribution in [0.5, 0.6) is 5.75 Å². The Balaban J connectivity index is 1.90. The molecule has 3 heterocycles. The number of ether oxygens (including phenoxy) is 3. The average Bonchev–Trinajstić information content (AvgIpc) is 3.37. The summed E-state index contributed by atoms with van der Waals surface area (Å²) in [6.45, 7) is 4.67. The van der Waals surface area contributed by atoms with Crippen LogP contribution in [-0.4, -0.2) is 78.5 Å². The van der Waals surface area contributed by atoms with Gasteiger partial charge in [-0.05, 0) is 44.5 Å². The number of hydrogen-bond donors (Lipinski definition) is 1. The summed E-state index contributed by atoms with van der Waals surface area (Å²) in [6, 6.07) is 11.3. The number of amides is 4. The number of para-hydroxylation sites is 1. The van der Waals surface area contributed by atoms with Crippen molar-refractivity contribution in [3.63, 3.8) is 0 Å². The fourth-order valence-electron chi connectivity index (χ4n) is 6.56. The number of aliphatic hydroxyl groups is 1. The molecule has 0 radical (unpaired) electrons. The molecule has 0 saturated carbocycles. The van der Waals surface area contributed by atoms with Gasteiger partial charge in [-0.3, -0.25) is 19.4 Å². The Labute approximate surface area is 242 Å². The summed E-state index contributed by atoms with van der Waals surface area (Å²) >= 11 is 0. The van der Waals surface area contributed by atoms with Gasteiger partial charge in [0.05, 0.1) is 44.0 Å². The molecule has 222 valence electrons. The van der Waals surface area contributed by atoms with E-state index < -0.39 is 53.6 Å². The quantitative estimate of drug-likeness (QED) is 0.268. The van der Waals surface area contributed by atoms with Crippen LogP contribution in [0.15, 0.2) is 53.7 Å². The molecule has 42 heavy (non-hydrogen) atoms. The lowest BCUT2D eigenvalue weighted by Gasteiger charge is -2.53. The van der Waals surface area contributed by atoms with E-state index in [2.05, 4.69) is 5.16 Å². The van der Waals surface area contributed by atoms with Gasteiger partial charge in [0, 0.05) is 6.07 Å². The highest BCUT2D eigenvalue weighted by atomic mass is 16.6. The fraction of sp³-hybridized carbons (Fsp3) is 0.414. The zero-order valence-electron chi connectivity index (χ0n) is 23.9. The molecule has 13 nitrogen and oxygen atoms in total. The first kappa shape index (κ1) is 28.9. The van der Waals surface area contributed by atoms with Crippen molar-refractivity contribution in [3.8, 4) is 5.75 Å². The number of carbonyl (C=O) groups is 4. The van der Waals surface area contributed by atoms with Crippen LogP contribution in [0, 0.1) is 5.92 Å². The first-order valence-electron chi connectivity index (χ1n) is 13.5. The van der Waals surface area contributed by atoms with E-state index in [9.17, 15) is 24.3 Å². The maximum Gasteiger partial charge on any atom is 0.339 e. The highest BCUT2D eigenvalue weighted by Crippen LogP contribution is 2.65. The van der Waals surface area contributed by atoms with Crippen LogP contribution < -0.4 is 14.5 Å². The van der Waals surface area contributed by atoms with E-state index in [1.807, 2.05) is 0 Å². The molecule has 4 atom stereocenters. The number of anilines is 2. The number of hydrogen-bond acceptors (Lipinski definition) is 10. The lowest BCUT2D eigenvalue weighted by Crippen LogP contribution is -2.77. The van der Waals surface area contributed by atoms with Crippen molar-refractivity contribution in [3.05, 3.63) is 54.1 Å². The van der Waals surface area contributed by atoms with Gasteiger partial charge in [-0.15, -0.1) is 0 Å². The predicted molar refractivity (Wildman–Crippen MR) is 149 cm³/mol. The molecule has 1 N–H and O–H groups in total. The molecule has 2 saturated heterocycles. The second-order valence-electron chi connectivity index (χ2n) is 9.98. The Bertz CT molecular complexity index is 1460. The Kier molecular flexibility index (Phi) is 7.31. The van der Waals surface area contributed by atoms with Crippen molar-refractivity contribution in [2.24, 2.45) is 11.1 Å². The summed E-state index contributed by atoms with van der Waals surface area (Å²) in [7, 11) is 2.76. The molecule has 5 rings (SSSR count). The number of esters is 2. The molecule has 0 spiro atoms. The summed E-state index contributed by atoms with van der Waals surface area (Å²) in [5, 5.41) is 16.7. The van der Waals surface area contributed by atoms with Gasteiger partial charge in [0.25, 0.3) is 0 Å². The molecular weight excluding hydrogens is 548 g/mol. The van der Waals surface area contributed by atoms with Gasteiger partial charge in [-0.1, -0.05) is 29.4 Å². The van der Waals surface area contributed by atoms with E-state index in [0.29, 0.717) is 17.0 Å². The molecule has 0 bridgehead atoms. The average molecular weight is 581 g/mol. The van der Waals surface area contributed by atoms with Crippen LogP contribution in [0.1, 0.15) is 38.7 Å². The Morgan fingerprint density at radius 1 is 1.00 bits per heavy atom. The minimum Gasteiger partial charge on any atom is -0.497 e. The van der Waals surface area contributed by atoms with E-state index in [0.717, 1.165) is 9.80 Å². The molecule has 3 aliphatic rings. The third-order valence-electron chi connectivity index (χ3n) is 7.94. The number of rotatable bonds is 9.